The Morgan fingerprint density at radius 1 is 1.20 bits per heavy atom. The molecule has 180 valence electrons. The second kappa shape index (κ2) is 9.49. The first-order valence-corrected chi connectivity index (χ1v) is 10.9. The molecule has 5 rings (SSSR count). The number of hydrogen-bond donors (Lipinski definition) is 2. The normalized spacial score (nSPS) is 15.1. The average Bonchev–Trinajstić information content (AvgIpc) is 3.23. The number of carbonyl (C=O) groups excluding carboxylic acids is 1. The highest BCUT2D eigenvalue weighted by molar-refractivity contribution is 6.32. The molecule has 0 saturated carbocycles. The molecule has 1 aliphatic heterocycles. The smallest absolute Gasteiger partial charge is 0.268 e. The highest BCUT2D eigenvalue weighted by Gasteiger charge is 2.32. The van der Waals surface area contributed by atoms with Crippen LogP contribution in [0, 0.1) is 11.6 Å². The number of halogens is 3. The molecule has 3 aromatic heterocycles. The summed E-state index contributed by atoms with van der Waals surface area (Å²) in [7, 11) is 0. The van der Waals surface area contributed by atoms with Crippen molar-refractivity contribution in [1.29, 1.82) is 0 Å². The van der Waals surface area contributed by atoms with Gasteiger partial charge in [-0.3, -0.25) is 9.69 Å². The van der Waals surface area contributed by atoms with Crippen molar-refractivity contribution in [3.05, 3.63) is 65.7 Å². The number of pyridine rings is 1. The number of carbonyl (C=O) groups is 1. The highest BCUT2D eigenvalue weighted by atomic mass is 35.5. The minimum atomic E-state index is -1.08. The van der Waals surface area contributed by atoms with Crippen molar-refractivity contribution in [1.82, 2.24) is 29.6 Å². The molecular weight excluding hydrogens is 484 g/mol. The molecule has 13 heteroatoms. The van der Waals surface area contributed by atoms with E-state index in [1.165, 1.54) is 47.5 Å². The van der Waals surface area contributed by atoms with Gasteiger partial charge in [0.05, 0.1) is 23.5 Å². The number of rotatable bonds is 7. The molecule has 1 atom stereocenters. The summed E-state index contributed by atoms with van der Waals surface area (Å²) in [6, 6.07) is 6.74. The Bertz CT molecular complexity index is 1360. The average molecular weight is 502 g/mol. The van der Waals surface area contributed by atoms with Crippen LogP contribution in [-0.4, -0.2) is 72.5 Å². The van der Waals surface area contributed by atoms with Crippen LogP contribution in [0.2, 0.25) is 5.02 Å². The number of amides is 1. The van der Waals surface area contributed by atoms with Gasteiger partial charge in [-0.1, -0.05) is 17.7 Å². The zero-order chi connectivity index (χ0) is 24.5. The standard InChI is InChI=1S/C22H18ClF2N7O3/c23-15-2-1-3-16(25)19(15)32-20-14(7-29-32)22(28-11-27-20)35-17(10-31-8-13(33)9-31)21(34)30-18-5-4-12(24)6-26-18/h1-7,11,13,17,33H,8-10H2,(H,26,30,34)/t17-/m0/s1. The minimum absolute atomic E-state index is 0.0139. The molecule has 1 fully saturated rings. The van der Waals surface area contributed by atoms with Gasteiger partial charge in [-0.05, 0) is 24.3 Å². The number of hydrogen-bond acceptors (Lipinski definition) is 8. The van der Waals surface area contributed by atoms with Gasteiger partial charge in [0, 0.05) is 19.6 Å². The van der Waals surface area contributed by atoms with Crippen LogP contribution in [0.1, 0.15) is 0 Å². The minimum Gasteiger partial charge on any atom is -0.462 e. The number of aromatic nitrogens is 5. The van der Waals surface area contributed by atoms with E-state index in [9.17, 15) is 18.7 Å². The van der Waals surface area contributed by atoms with Crippen molar-refractivity contribution in [2.75, 3.05) is 25.0 Å². The molecular formula is C22H18ClF2N7O3. The number of ether oxygens (including phenoxy) is 1. The summed E-state index contributed by atoms with van der Waals surface area (Å²) in [5.74, 6) is -1.50. The van der Waals surface area contributed by atoms with Crippen LogP contribution in [-0.2, 0) is 4.79 Å². The fourth-order valence-corrected chi connectivity index (χ4v) is 3.91. The number of aliphatic hydroxyl groups excluding tert-OH is 1. The molecule has 10 nitrogen and oxygen atoms in total. The Labute approximate surface area is 202 Å². The first kappa shape index (κ1) is 23.0. The lowest BCUT2D eigenvalue weighted by molar-refractivity contribution is -0.125. The third-order valence-corrected chi connectivity index (χ3v) is 5.67. The summed E-state index contributed by atoms with van der Waals surface area (Å²) in [5.41, 5.74) is 0.237. The van der Waals surface area contributed by atoms with E-state index in [2.05, 4.69) is 25.4 Å². The Morgan fingerprint density at radius 3 is 2.74 bits per heavy atom. The number of nitrogens with zero attached hydrogens (tertiary/aromatic N) is 6. The van der Waals surface area contributed by atoms with E-state index in [1.54, 1.807) is 0 Å². The summed E-state index contributed by atoms with van der Waals surface area (Å²) in [5, 5.41) is 16.9. The monoisotopic (exact) mass is 501 g/mol. The molecule has 0 radical (unpaired) electrons. The number of para-hydroxylation sites is 1. The van der Waals surface area contributed by atoms with Crippen molar-refractivity contribution in [2.45, 2.75) is 12.2 Å². The fourth-order valence-electron chi connectivity index (χ4n) is 3.66. The van der Waals surface area contributed by atoms with Crippen LogP contribution < -0.4 is 10.1 Å². The number of likely N-dealkylation sites (tertiary alicyclic amines) is 1. The molecule has 1 saturated heterocycles. The molecule has 4 aromatic rings. The van der Waals surface area contributed by atoms with Crippen LogP contribution >= 0.6 is 11.6 Å². The number of β-amino-alcohol motifs (C(OH)–C–C–N with tert-alkyl or cyclic N) is 1. The second-order valence-corrected chi connectivity index (χ2v) is 8.28. The lowest BCUT2D eigenvalue weighted by atomic mass is 10.1. The number of nitrogens with one attached hydrogen (secondary N) is 1. The predicted octanol–water partition coefficient (Wildman–Crippen LogP) is 2.20. The highest BCUT2D eigenvalue weighted by Crippen LogP contribution is 2.29. The van der Waals surface area contributed by atoms with E-state index < -0.39 is 29.7 Å². The summed E-state index contributed by atoms with van der Waals surface area (Å²) >= 11 is 6.18. The zero-order valence-corrected chi connectivity index (χ0v) is 18.7. The third-order valence-electron chi connectivity index (χ3n) is 5.37. The van der Waals surface area contributed by atoms with E-state index in [1.807, 2.05) is 4.90 Å². The topological polar surface area (TPSA) is 118 Å². The molecule has 1 aromatic carbocycles. The number of aliphatic hydroxyl groups is 1. The Morgan fingerprint density at radius 2 is 2.03 bits per heavy atom. The van der Waals surface area contributed by atoms with Crippen molar-refractivity contribution in [2.24, 2.45) is 0 Å². The van der Waals surface area contributed by atoms with E-state index >= 15 is 0 Å². The third kappa shape index (κ3) is 4.76. The maximum Gasteiger partial charge on any atom is 0.268 e. The van der Waals surface area contributed by atoms with Crippen molar-refractivity contribution >= 4 is 34.4 Å². The van der Waals surface area contributed by atoms with Gasteiger partial charge in [-0.2, -0.15) is 5.10 Å². The van der Waals surface area contributed by atoms with Crippen LogP contribution in [0.4, 0.5) is 14.6 Å². The van der Waals surface area contributed by atoms with Gasteiger partial charge in [0.15, 0.2) is 11.8 Å². The largest absolute Gasteiger partial charge is 0.462 e. The number of fused-ring (bicyclic) bond motifs is 1. The molecule has 0 spiro atoms. The summed E-state index contributed by atoms with van der Waals surface area (Å²) in [4.78, 5) is 27.0. The molecule has 1 aliphatic rings. The van der Waals surface area contributed by atoms with Crippen LogP contribution in [0.5, 0.6) is 5.88 Å². The first-order chi connectivity index (χ1) is 16.9. The molecule has 2 N–H and O–H groups in total. The van der Waals surface area contributed by atoms with Gasteiger partial charge in [-0.15, -0.1) is 0 Å². The summed E-state index contributed by atoms with van der Waals surface area (Å²) in [6.07, 6.45) is 2.01. The van der Waals surface area contributed by atoms with E-state index in [0.717, 1.165) is 6.20 Å². The van der Waals surface area contributed by atoms with Gasteiger partial charge in [0.2, 0.25) is 5.88 Å². The molecule has 35 heavy (non-hydrogen) atoms. The van der Waals surface area contributed by atoms with Gasteiger partial charge in [0.1, 0.15) is 34.9 Å². The SMILES string of the molecule is O=C(Nc1ccc(F)cn1)[C@H](CN1CC(O)C1)Oc1ncnc2c1cnn2-c1c(F)cccc1Cl. The van der Waals surface area contributed by atoms with Gasteiger partial charge in [-0.25, -0.2) is 28.4 Å². The molecule has 1 amide bonds. The van der Waals surface area contributed by atoms with E-state index in [-0.39, 0.29) is 34.6 Å². The molecule has 0 aliphatic carbocycles. The van der Waals surface area contributed by atoms with Gasteiger partial charge < -0.3 is 15.2 Å². The number of benzene rings is 1. The van der Waals surface area contributed by atoms with Gasteiger partial charge in [0.25, 0.3) is 5.91 Å². The van der Waals surface area contributed by atoms with Crippen LogP contribution in [0.25, 0.3) is 16.7 Å². The molecule has 0 unspecified atom stereocenters. The van der Waals surface area contributed by atoms with Crippen LogP contribution in [0.3, 0.4) is 0 Å². The van der Waals surface area contributed by atoms with Crippen LogP contribution in [0.15, 0.2) is 49.1 Å². The van der Waals surface area contributed by atoms with E-state index in [4.69, 9.17) is 16.3 Å². The predicted molar refractivity (Wildman–Crippen MR) is 121 cm³/mol. The molecule has 4 heterocycles. The second-order valence-electron chi connectivity index (χ2n) is 7.87. The Kier molecular flexibility index (Phi) is 6.24. The Balaban J connectivity index is 1.45. The van der Waals surface area contributed by atoms with Crippen molar-refractivity contribution < 1.29 is 23.4 Å². The summed E-state index contributed by atoms with van der Waals surface area (Å²) < 4.78 is 34.8. The van der Waals surface area contributed by atoms with Crippen molar-refractivity contribution in [3.63, 3.8) is 0 Å². The quantitative estimate of drug-likeness (QED) is 0.396. The maximum atomic E-state index is 14.5. The Hall–Kier alpha value is -3.74. The summed E-state index contributed by atoms with van der Waals surface area (Å²) in [6.45, 7) is 0.901. The van der Waals surface area contributed by atoms with E-state index in [0.29, 0.717) is 18.5 Å². The zero-order valence-electron chi connectivity index (χ0n) is 18.0. The number of anilines is 1. The van der Waals surface area contributed by atoms with Gasteiger partial charge >= 0.3 is 0 Å². The lowest BCUT2D eigenvalue weighted by Crippen LogP contribution is -2.55. The molecule has 0 bridgehead atoms. The lowest BCUT2D eigenvalue weighted by Gasteiger charge is -2.37. The maximum absolute atomic E-state index is 14.5. The van der Waals surface area contributed by atoms with Crippen molar-refractivity contribution in [3.8, 4) is 11.6 Å². The fraction of sp³-hybridized carbons (Fsp3) is 0.227. The first-order valence-electron chi connectivity index (χ1n) is 10.5.